The second-order valence-corrected chi connectivity index (χ2v) is 5.98. The van der Waals surface area contributed by atoms with Gasteiger partial charge in [-0.3, -0.25) is 4.79 Å². The van der Waals surface area contributed by atoms with Crippen LogP contribution in [0.4, 0.5) is 0 Å². The van der Waals surface area contributed by atoms with Gasteiger partial charge in [0, 0.05) is 0 Å². The van der Waals surface area contributed by atoms with E-state index in [2.05, 4.69) is 19.2 Å². The molecule has 0 aliphatic heterocycles. The summed E-state index contributed by atoms with van der Waals surface area (Å²) in [5, 5.41) is 2.68. The summed E-state index contributed by atoms with van der Waals surface area (Å²) in [5.74, 6) is 0.637. The zero-order valence-corrected chi connectivity index (χ0v) is 14.7. The van der Waals surface area contributed by atoms with Crippen molar-refractivity contribution in [1.29, 1.82) is 0 Å². The molecule has 2 rings (SSSR count). The Labute approximate surface area is 147 Å². The molecule has 1 atom stereocenters. The van der Waals surface area contributed by atoms with Gasteiger partial charge in [-0.1, -0.05) is 26.0 Å². The number of esters is 1. The third kappa shape index (κ3) is 5.99. The summed E-state index contributed by atoms with van der Waals surface area (Å²) >= 11 is 0. The van der Waals surface area contributed by atoms with Crippen molar-refractivity contribution in [3.63, 3.8) is 0 Å². The number of benzene rings is 1. The SMILES string of the molecule is CC(C)c1ccc(OCC(=O)OCC(=O)N[C@@H](C)c2ccco2)cc1. The van der Waals surface area contributed by atoms with Gasteiger partial charge in [-0.25, -0.2) is 4.79 Å². The lowest BCUT2D eigenvalue weighted by molar-refractivity contribution is -0.150. The first-order chi connectivity index (χ1) is 12.0. The van der Waals surface area contributed by atoms with Crippen molar-refractivity contribution in [2.75, 3.05) is 13.2 Å². The molecule has 0 unspecified atom stereocenters. The van der Waals surface area contributed by atoms with E-state index in [1.165, 1.54) is 11.8 Å². The summed E-state index contributed by atoms with van der Waals surface area (Å²) in [5.41, 5.74) is 1.19. The van der Waals surface area contributed by atoms with Gasteiger partial charge in [0.2, 0.25) is 0 Å². The lowest BCUT2D eigenvalue weighted by Gasteiger charge is -2.12. The lowest BCUT2D eigenvalue weighted by atomic mass is 10.0. The molecule has 6 heteroatoms. The molecule has 1 aromatic heterocycles. The largest absolute Gasteiger partial charge is 0.482 e. The molecule has 25 heavy (non-hydrogen) atoms. The van der Waals surface area contributed by atoms with Gasteiger partial charge in [-0.2, -0.15) is 0 Å². The average molecular weight is 345 g/mol. The smallest absolute Gasteiger partial charge is 0.344 e. The standard InChI is InChI=1S/C19H23NO5/c1-13(2)15-6-8-16(9-7-15)24-12-19(22)25-11-18(21)20-14(3)17-5-4-10-23-17/h4-10,13-14H,11-12H2,1-3H3,(H,20,21)/t14-/m0/s1. The van der Waals surface area contributed by atoms with Gasteiger partial charge in [0.05, 0.1) is 12.3 Å². The molecule has 0 bridgehead atoms. The minimum absolute atomic E-state index is 0.248. The first-order valence-corrected chi connectivity index (χ1v) is 8.17. The van der Waals surface area contributed by atoms with Gasteiger partial charge < -0.3 is 19.2 Å². The van der Waals surface area contributed by atoms with E-state index in [0.717, 1.165) is 0 Å². The van der Waals surface area contributed by atoms with E-state index in [0.29, 0.717) is 17.4 Å². The summed E-state index contributed by atoms with van der Waals surface area (Å²) in [6.45, 7) is 5.38. The number of nitrogens with one attached hydrogen (secondary N) is 1. The predicted molar refractivity (Wildman–Crippen MR) is 92.3 cm³/mol. The first-order valence-electron chi connectivity index (χ1n) is 8.17. The molecule has 0 spiro atoms. The number of carbonyl (C=O) groups excluding carboxylic acids is 2. The van der Waals surface area contributed by atoms with Crippen molar-refractivity contribution >= 4 is 11.9 Å². The predicted octanol–water partition coefficient (Wildman–Crippen LogP) is 3.20. The second kappa shape index (κ2) is 8.92. The summed E-state index contributed by atoms with van der Waals surface area (Å²) in [6.07, 6.45) is 1.53. The van der Waals surface area contributed by atoms with Gasteiger partial charge in [0.15, 0.2) is 13.2 Å². The summed E-state index contributed by atoms with van der Waals surface area (Å²) in [7, 11) is 0. The molecule has 0 fully saturated rings. The molecular formula is C19H23NO5. The molecule has 0 aliphatic carbocycles. The van der Waals surface area contributed by atoms with E-state index in [1.807, 2.05) is 12.1 Å². The van der Waals surface area contributed by atoms with Crippen LogP contribution in [-0.4, -0.2) is 25.1 Å². The third-order valence-corrected chi connectivity index (χ3v) is 3.62. The monoisotopic (exact) mass is 345 g/mol. The highest BCUT2D eigenvalue weighted by molar-refractivity contribution is 5.81. The molecule has 1 amide bonds. The highest BCUT2D eigenvalue weighted by Crippen LogP contribution is 2.18. The fourth-order valence-corrected chi connectivity index (χ4v) is 2.17. The molecule has 0 saturated carbocycles. The Morgan fingerprint density at radius 3 is 2.40 bits per heavy atom. The van der Waals surface area contributed by atoms with Crippen molar-refractivity contribution < 1.29 is 23.5 Å². The molecule has 1 heterocycles. The number of ether oxygens (including phenoxy) is 2. The quantitative estimate of drug-likeness (QED) is 0.743. The average Bonchev–Trinajstić information content (AvgIpc) is 3.13. The van der Waals surface area contributed by atoms with Crippen LogP contribution in [0.25, 0.3) is 0 Å². The Balaban J connectivity index is 1.68. The van der Waals surface area contributed by atoms with Gasteiger partial charge >= 0.3 is 5.97 Å². The number of carbonyl (C=O) groups is 2. The summed E-state index contributed by atoms with van der Waals surface area (Å²) in [6, 6.07) is 10.7. The molecule has 0 radical (unpaired) electrons. The molecule has 0 aliphatic rings. The Morgan fingerprint density at radius 1 is 1.08 bits per heavy atom. The Hall–Kier alpha value is -2.76. The molecule has 2 aromatic rings. The van der Waals surface area contributed by atoms with Crippen LogP contribution in [0.15, 0.2) is 47.1 Å². The normalized spacial score (nSPS) is 11.8. The summed E-state index contributed by atoms with van der Waals surface area (Å²) < 4.78 is 15.4. The lowest BCUT2D eigenvalue weighted by Crippen LogP contribution is -2.31. The second-order valence-electron chi connectivity index (χ2n) is 5.98. The topological polar surface area (TPSA) is 77.8 Å². The van der Waals surface area contributed by atoms with Crippen LogP contribution in [0.2, 0.25) is 0 Å². The Morgan fingerprint density at radius 2 is 1.80 bits per heavy atom. The van der Waals surface area contributed by atoms with E-state index in [9.17, 15) is 9.59 Å². The molecule has 0 saturated heterocycles. The third-order valence-electron chi connectivity index (χ3n) is 3.62. The van der Waals surface area contributed by atoms with Crippen LogP contribution in [-0.2, 0) is 14.3 Å². The Bertz CT molecular complexity index is 676. The first kappa shape index (κ1) is 18.6. The van der Waals surface area contributed by atoms with E-state index in [4.69, 9.17) is 13.9 Å². The zero-order valence-electron chi connectivity index (χ0n) is 14.7. The van der Waals surface area contributed by atoms with Crippen molar-refractivity contribution in [3.8, 4) is 5.75 Å². The highest BCUT2D eigenvalue weighted by atomic mass is 16.6. The van der Waals surface area contributed by atoms with Gasteiger partial charge in [-0.05, 0) is 42.7 Å². The fraction of sp³-hybridized carbons (Fsp3) is 0.368. The van der Waals surface area contributed by atoms with Crippen LogP contribution in [0.3, 0.4) is 0 Å². The van der Waals surface area contributed by atoms with Crippen LogP contribution in [0, 0.1) is 0 Å². The highest BCUT2D eigenvalue weighted by Gasteiger charge is 2.14. The van der Waals surface area contributed by atoms with Crippen molar-refractivity contribution in [1.82, 2.24) is 5.32 Å². The molecule has 1 aromatic carbocycles. The molecular weight excluding hydrogens is 322 g/mol. The van der Waals surface area contributed by atoms with E-state index in [1.54, 1.807) is 31.2 Å². The molecule has 6 nitrogen and oxygen atoms in total. The van der Waals surface area contributed by atoms with Crippen molar-refractivity contribution in [2.24, 2.45) is 0 Å². The van der Waals surface area contributed by atoms with Crippen molar-refractivity contribution in [2.45, 2.75) is 32.7 Å². The number of rotatable bonds is 8. The van der Waals surface area contributed by atoms with Gasteiger partial charge in [0.1, 0.15) is 11.5 Å². The minimum Gasteiger partial charge on any atom is -0.482 e. The fourth-order valence-electron chi connectivity index (χ4n) is 2.17. The number of furan rings is 1. The maximum absolute atomic E-state index is 11.8. The Kier molecular flexibility index (Phi) is 6.62. The van der Waals surface area contributed by atoms with Crippen LogP contribution < -0.4 is 10.1 Å². The minimum atomic E-state index is -0.603. The van der Waals surface area contributed by atoms with Gasteiger partial charge in [0.25, 0.3) is 5.91 Å². The molecule has 134 valence electrons. The zero-order chi connectivity index (χ0) is 18.2. The number of hydrogen-bond acceptors (Lipinski definition) is 5. The summed E-state index contributed by atoms with van der Waals surface area (Å²) in [4.78, 5) is 23.4. The van der Waals surface area contributed by atoms with Crippen molar-refractivity contribution in [3.05, 3.63) is 54.0 Å². The maximum Gasteiger partial charge on any atom is 0.344 e. The maximum atomic E-state index is 11.8. The van der Waals surface area contributed by atoms with E-state index in [-0.39, 0.29) is 19.3 Å². The van der Waals surface area contributed by atoms with Crippen LogP contribution in [0.5, 0.6) is 5.75 Å². The van der Waals surface area contributed by atoms with E-state index >= 15 is 0 Å². The number of amides is 1. The van der Waals surface area contributed by atoms with Crippen LogP contribution >= 0.6 is 0 Å². The van der Waals surface area contributed by atoms with E-state index < -0.39 is 11.9 Å². The van der Waals surface area contributed by atoms with Crippen LogP contribution in [0.1, 0.15) is 44.1 Å². The molecule has 1 N–H and O–H groups in total. The van der Waals surface area contributed by atoms with Gasteiger partial charge in [-0.15, -0.1) is 0 Å². The number of hydrogen-bond donors (Lipinski definition) is 1.